The number of nitrogens with zero attached hydrogens (tertiary/aromatic N) is 5. The van der Waals surface area contributed by atoms with Gasteiger partial charge in [-0.15, -0.1) is 16.4 Å². The molecule has 1 aliphatic heterocycles. The zero-order chi connectivity index (χ0) is 31.4. The number of aromatic amines is 1. The third-order valence-electron chi connectivity index (χ3n) is 7.21. The molecule has 0 unspecified atom stereocenters. The number of ether oxygens (including phenoxy) is 1. The minimum Gasteiger partial charge on any atom is -0.491 e. The molecule has 4 aromatic rings. The molecule has 0 fully saturated rings. The third-order valence-corrected chi connectivity index (χ3v) is 8.40. The fourth-order valence-corrected chi connectivity index (χ4v) is 6.10. The van der Waals surface area contributed by atoms with Crippen LogP contribution in [0.4, 0.5) is 4.39 Å². The fraction of sp³-hybridized carbons (Fsp3) is 0.414. The number of rotatable bonds is 3. The highest BCUT2D eigenvalue weighted by Gasteiger charge is 2.27. The molecule has 0 spiro atoms. The molecule has 1 atom stereocenters. The minimum absolute atomic E-state index is 0.0317. The Labute approximate surface area is 255 Å². The van der Waals surface area contributed by atoms with Crippen molar-refractivity contribution in [2.45, 2.75) is 46.2 Å². The van der Waals surface area contributed by atoms with Crippen LogP contribution in [0.1, 0.15) is 51.6 Å². The largest absolute Gasteiger partial charge is 0.491 e. The molecular weight excluding hydrogens is 591 g/mol. The van der Waals surface area contributed by atoms with E-state index in [1.54, 1.807) is 22.7 Å². The van der Waals surface area contributed by atoms with Gasteiger partial charge >= 0.3 is 0 Å². The summed E-state index contributed by atoms with van der Waals surface area (Å²) in [6.45, 7) is 6.49. The van der Waals surface area contributed by atoms with E-state index >= 15 is 0 Å². The normalized spacial score (nSPS) is 16.9. The van der Waals surface area contributed by atoms with E-state index in [0.29, 0.717) is 45.7 Å². The maximum Gasteiger partial charge on any atom is 0.264 e. The first kappa shape index (κ1) is 30.8. The van der Waals surface area contributed by atoms with Crippen molar-refractivity contribution >= 4 is 39.3 Å². The zero-order valence-electron chi connectivity index (χ0n) is 24.6. The second kappa shape index (κ2) is 13.3. The molecule has 4 heterocycles. The van der Waals surface area contributed by atoms with E-state index in [1.807, 2.05) is 13.8 Å². The molecule has 13 nitrogen and oxygen atoms in total. The molecule has 44 heavy (non-hydrogen) atoms. The molecular formula is C29H33FN8O5S. The maximum atomic E-state index is 14.2. The van der Waals surface area contributed by atoms with E-state index in [1.165, 1.54) is 18.5 Å². The first-order valence-electron chi connectivity index (χ1n) is 14.3. The average Bonchev–Trinajstić information content (AvgIpc) is 3.58. The number of aromatic nitrogens is 5. The van der Waals surface area contributed by atoms with E-state index < -0.39 is 23.7 Å². The van der Waals surface area contributed by atoms with Crippen LogP contribution in [0.3, 0.4) is 0 Å². The summed E-state index contributed by atoms with van der Waals surface area (Å²) in [5, 5.41) is 14.3. The van der Waals surface area contributed by atoms with Gasteiger partial charge in [-0.25, -0.2) is 14.1 Å². The summed E-state index contributed by atoms with van der Waals surface area (Å²) in [5.41, 5.74) is 0.822. The van der Waals surface area contributed by atoms with Crippen molar-refractivity contribution in [2.24, 2.45) is 5.92 Å². The Balaban J connectivity index is 1.43. The van der Waals surface area contributed by atoms with E-state index in [0.717, 1.165) is 17.4 Å². The van der Waals surface area contributed by atoms with Crippen LogP contribution < -0.4 is 20.9 Å². The van der Waals surface area contributed by atoms with Crippen LogP contribution in [0.5, 0.6) is 5.75 Å². The molecule has 232 valence electrons. The smallest absolute Gasteiger partial charge is 0.264 e. The molecule has 1 aromatic carbocycles. The van der Waals surface area contributed by atoms with Crippen LogP contribution in [0.15, 0.2) is 35.5 Å². The van der Waals surface area contributed by atoms with Gasteiger partial charge in [0.15, 0.2) is 0 Å². The number of hydrogen-bond acceptors (Lipinski definition) is 9. The molecule has 0 saturated carbocycles. The Morgan fingerprint density at radius 2 is 2.02 bits per heavy atom. The lowest BCUT2D eigenvalue weighted by Crippen LogP contribution is -2.49. The Morgan fingerprint density at radius 3 is 2.80 bits per heavy atom. The summed E-state index contributed by atoms with van der Waals surface area (Å²) in [6, 6.07) is 2.74. The number of amides is 3. The summed E-state index contributed by atoms with van der Waals surface area (Å²) >= 11 is 1.14. The molecule has 0 aliphatic carbocycles. The van der Waals surface area contributed by atoms with Gasteiger partial charge in [-0.2, -0.15) is 0 Å². The fourth-order valence-electron chi connectivity index (χ4n) is 4.98. The number of thiophene rings is 1. The molecule has 0 saturated heterocycles. The monoisotopic (exact) mass is 624 g/mol. The summed E-state index contributed by atoms with van der Waals surface area (Å²) in [7, 11) is 0. The van der Waals surface area contributed by atoms with Gasteiger partial charge in [0, 0.05) is 32.3 Å². The van der Waals surface area contributed by atoms with Crippen LogP contribution in [-0.4, -0.2) is 79.9 Å². The number of hydrogen-bond donors (Lipinski definition) is 3. The number of halogens is 1. The van der Waals surface area contributed by atoms with Crippen LogP contribution in [0.2, 0.25) is 0 Å². The molecule has 0 radical (unpaired) electrons. The van der Waals surface area contributed by atoms with E-state index in [2.05, 4.69) is 30.9 Å². The van der Waals surface area contributed by atoms with Crippen molar-refractivity contribution in [3.05, 3.63) is 68.6 Å². The predicted octanol–water partition coefficient (Wildman–Crippen LogP) is 2.06. The molecule has 2 bridgehead atoms. The number of benzene rings is 1. The van der Waals surface area contributed by atoms with Gasteiger partial charge in [0.25, 0.3) is 17.4 Å². The Hall–Kier alpha value is -4.66. The van der Waals surface area contributed by atoms with E-state index in [-0.39, 0.29) is 54.9 Å². The van der Waals surface area contributed by atoms with Crippen molar-refractivity contribution in [3.8, 4) is 5.75 Å². The summed E-state index contributed by atoms with van der Waals surface area (Å²) in [5.74, 6) is -1.77. The van der Waals surface area contributed by atoms with Crippen molar-refractivity contribution in [1.29, 1.82) is 0 Å². The topological polar surface area (TPSA) is 164 Å². The van der Waals surface area contributed by atoms with Crippen LogP contribution in [-0.2, 0) is 17.8 Å². The first-order valence-corrected chi connectivity index (χ1v) is 15.1. The number of nitrogens with one attached hydrogen (secondary N) is 3. The van der Waals surface area contributed by atoms with Crippen molar-refractivity contribution in [2.75, 3.05) is 26.2 Å². The lowest BCUT2D eigenvalue weighted by Gasteiger charge is -2.24. The summed E-state index contributed by atoms with van der Waals surface area (Å²) in [6.07, 6.45) is 3.76. The van der Waals surface area contributed by atoms with Gasteiger partial charge in [-0.05, 0) is 43.0 Å². The van der Waals surface area contributed by atoms with Crippen molar-refractivity contribution in [3.63, 3.8) is 0 Å². The number of H-pyrrole nitrogens is 1. The molecule has 3 aromatic heterocycles. The SMILES string of the molecule is Cc1c(C(=O)N2CCNC(=O)[C@@H](CC(C)C)NC(=O)c3cc(F)ccc3OCCn3cc(nn3)CC2)sc2nc[nH]c(=O)c12. The first-order chi connectivity index (χ1) is 21.1. The van der Waals surface area contributed by atoms with Crippen LogP contribution in [0, 0.1) is 18.7 Å². The third kappa shape index (κ3) is 6.93. The van der Waals surface area contributed by atoms with E-state index in [9.17, 15) is 23.6 Å². The summed E-state index contributed by atoms with van der Waals surface area (Å²) in [4.78, 5) is 62.0. The van der Waals surface area contributed by atoms with Crippen LogP contribution >= 0.6 is 11.3 Å². The van der Waals surface area contributed by atoms with Crippen LogP contribution in [0.25, 0.3) is 10.2 Å². The lowest BCUT2D eigenvalue weighted by molar-refractivity contribution is -0.123. The second-order valence-electron chi connectivity index (χ2n) is 10.9. The average molecular weight is 625 g/mol. The van der Waals surface area contributed by atoms with Gasteiger partial charge in [-0.3, -0.25) is 19.2 Å². The molecule has 1 aliphatic rings. The van der Waals surface area contributed by atoms with E-state index in [4.69, 9.17) is 4.74 Å². The predicted molar refractivity (Wildman–Crippen MR) is 160 cm³/mol. The van der Waals surface area contributed by atoms with Crippen molar-refractivity contribution < 1.29 is 23.5 Å². The van der Waals surface area contributed by atoms with Gasteiger partial charge in [0.2, 0.25) is 5.91 Å². The molecule has 3 N–H and O–H groups in total. The van der Waals surface area contributed by atoms with Crippen molar-refractivity contribution in [1.82, 2.24) is 40.5 Å². The lowest BCUT2D eigenvalue weighted by atomic mass is 10.0. The van der Waals surface area contributed by atoms with Gasteiger partial charge < -0.3 is 25.3 Å². The molecule has 3 amide bonds. The minimum atomic E-state index is -0.908. The Bertz CT molecular complexity index is 1750. The summed E-state index contributed by atoms with van der Waals surface area (Å²) < 4.78 is 21.6. The maximum absolute atomic E-state index is 14.2. The molecule has 15 heteroatoms. The van der Waals surface area contributed by atoms with Gasteiger partial charge in [-0.1, -0.05) is 19.1 Å². The molecule has 5 rings (SSSR count). The highest BCUT2D eigenvalue weighted by atomic mass is 32.1. The number of carbonyl (C=O) groups is 3. The zero-order valence-corrected chi connectivity index (χ0v) is 25.4. The number of carbonyl (C=O) groups excluding carboxylic acids is 3. The quantitative estimate of drug-likeness (QED) is 0.312. The van der Waals surface area contributed by atoms with Gasteiger partial charge in [0.1, 0.15) is 29.0 Å². The standard InChI is InChI=1S/C29H33FN8O5S/c1-16(2)12-21-26(40)31-7-9-37(29(42)24-17(3)23-27(41)32-15-33-28(23)44-24)8-6-19-14-38(36-35-19)10-11-43-22-5-4-18(30)13-20(22)25(39)34-21/h4-5,13-16,21H,6-12H2,1-3H3,(H,31,40)(H,34,39)(H,32,33,41)/t21-/m1/s1. The highest BCUT2D eigenvalue weighted by molar-refractivity contribution is 7.20. The van der Waals surface area contributed by atoms with Gasteiger partial charge in [0.05, 0.1) is 34.4 Å². The highest BCUT2D eigenvalue weighted by Crippen LogP contribution is 2.28. The second-order valence-corrected chi connectivity index (χ2v) is 11.9. The Kier molecular flexibility index (Phi) is 9.32. The number of fused-ring (bicyclic) bond motifs is 4. The number of aryl methyl sites for hydroxylation is 1. The Morgan fingerprint density at radius 1 is 1.20 bits per heavy atom.